The van der Waals surface area contributed by atoms with Crippen LogP contribution in [-0.4, -0.2) is 51.3 Å². The maximum absolute atomic E-state index is 13.9. The Kier molecular flexibility index (Phi) is 9.75. The maximum atomic E-state index is 13.9. The molecule has 2 unspecified atom stereocenters. The third-order valence-electron chi connectivity index (χ3n) is 4.25. The summed E-state index contributed by atoms with van der Waals surface area (Å²) < 4.78 is 32.6. The molecule has 1 aromatic rings. The molecule has 0 radical (unpaired) electrons. The molecule has 1 aromatic carbocycles. The number of rotatable bonds is 6. The lowest BCUT2D eigenvalue weighted by Gasteiger charge is -2.21. The number of halogens is 3. The van der Waals surface area contributed by atoms with Crippen molar-refractivity contribution in [1.29, 1.82) is 0 Å². The summed E-state index contributed by atoms with van der Waals surface area (Å²) in [7, 11) is 1.35. The molecule has 152 valence electrons. The Labute approximate surface area is 175 Å². The number of anilines is 1. The number of hydrogen-bond donors (Lipinski definition) is 2. The molecule has 1 saturated heterocycles. The number of carbonyl (C=O) groups excluding carboxylic acids is 1. The van der Waals surface area contributed by atoms with Gasteiger partial charge in [-0.25, -0.2) is 8.78 Å². The second-order valence-corrected chi connectivity index (χ2v) is 6.29. The number of hydrogen-bond acceptors (Lipinski definition) is 4. The van der Waals surface area contributed by atoms with Crippen LogP contribution in [0.3, 0.4) is 0 Å². The van der Waals surface area contributed by atoms with Crippen LogP contribution in [0.1, 0.15) is 20.3 Å². The second-order valence-electron chi connectivity index (χ2n) is 6.29. The molecule has 6 nitrogen and oxygen atoms in total. The van der Waals surface area contributed by atoms with E-state index in [2.05, 4.69) is 15.6 Å². The molecule has 1 aliphatic rings. The molecule has 0 bridgehead atoms. The molecule has 1 fully saturated rings. The van der Waals surface area contributed by atoms with Crippen molar-refractivity contribution < 1.29 is 18.3 Å². The SMILES string of the molecule is CCNC(=NCC(C)C(=O)OC)NC1CCN(c2c(F)cccc2F)C1.I. The Morgan fingerprint density at radius 3 is 2.67 bits per heavy atom. The molecule has 0 amide bonds. The fourth-order valence-electron chi connectivity index (χ4n) is 2.89. The van der Waals surface area contributed by atoms with E-state index in [4.69, 9.17) is 4.74 Å². The first-order valence-corrected chi connectivity index (χ1v) is 8.77. The predicted molar refractivity (Wildman–Crippen MR) is 113 cm³/mol. The Morgan fingerprint density at radius 1 is 1.41 bits per heavy atom. The van der Waals surface area contributed by atoms with E-state index in [1.807, 2.05) is 6.92 Å². The number of carbonyl (C=O) groups is 1. The first kappa shape index (κ1) is 23.4. The van der Waals surface area contributed by atoms with E-state index < -0.39 is 11.6 Å². The highest BCUT2D eigenvalue weighted by atomic mass is 127. The molecule has 0 saturated carbocycles. The van der Waals surface area contributed by atoms with E-state index in [1.54, 1.807) is 11.8 Å². The number of para-hydroxylation sites is 1. The van der Waals surface area contributed by atoms with Gasteiger partial charge in [-0.05, 0) is 25.5 Å². The monoisotopic (exact) mass is 496 g/mol. The molecular weight excluding hydrogens is 469 g/mol. The molecule has 2 rings (SSSR count). The maximum Gasteiger partial charge on any atom is 0.310 e. The number of benzene rings is 1. The second kappa shape index (κ2) is 11.3. The van der Waals surface area contributed by atoms with E-state index in [1.165, 1.54) is 25.3 Å². The Hall–Kier alpha value is -1.65. The lowest BCUT2D eigenvalue weighted by Crippen LogP contribution is -2.45. The van der Waals surface area contributed by atoms with E-state index in [0.717, 1.165) is 6.42 Å². The van der Waals surface area contributed by atoms with Crippen molar-refractivity contribution >= 4 is 41.6 Å². The van der Waals surface area contributed by atoms with Crippen LogP contribution in [0.2, 0.25) is 0 Å². The molecule has 0 aromatic heterocycles. The molecule has 2 atom stereocenters. The zero-order valence-electron chi connectivity index (χ0n) is 15.8. The minimum Gasteiger partial charge on any atom is -0.469 e. The predicted octanol–water partition coefficient (Wildman–Crippen LogP) is 2.53. The van der Waals surface area contributed by atoms with Crippen molar-refractivity contribution in [2.75, 3.05) is 38.2 Å². The van der Waals surface area contributed by atoms with Crippen LogP contribution in [0, 0.1) is 17.6 Å². The molecule has 0 spiro atoms. The van der Waals surface area contributed by atoms with Crippen LogP contribution >= 0.6 is 24.0 Å². The highest BCUT2D eigenvalue weighted by Crippen LogP contribution is 2.26. The summed E-state index contributed by atoms with van der Waals surface area (Å²) in [5.41, 5.74) is 0.0121. The third kappa shape index (κ3) is 6.47. The number of nitrogens with zero attached hydrogens (tertiary/aromatic N) is 2. The van der Waals surface area contributed by atoms with E-state index in [0.29, 0.717) is 32.1 Å². The van der Waals surface area contributed by atoms with Gasteiger partial charge in [-0.2, -0.15) is 0 Å². The fraction of sp³-hybridized carbons (Fsp3) is 0.556. The molecular formula is C18H27F2IN4O2. The van der Waals surface area contributed by atoms with Crippen LogP contribution in [0.25, 0.3) is 0 Å². The lowest BCUT2D eigenvalue weighted by molar-refractivity contribution is -0.144. The van der Waals surface area contributed by atoms with Crippen LogP contribution < -0.4 is 15.5 Å². The average Bonchev–Trinajstić information content (AvgIpc) is 3.06. The van der Waals surface area contributed by atoms with Gasteiger partial charge in [0.1, 0.15) is 17.3 Å². The highest BCUT2D eigenvalue weighted by molar-refractivity contribution is 14.0. The molecule has 27 heavy (non-hydrogen) atoms. The van der Waals surface area contributed by atoms with Gasteiger partial charge in [-0.3, -0.25) is 9.79 Å². The number of ether oxygens (including phenoxy) is 1. The molecule has 1 aliphatic heterocycles. The zero-order chi connectivity index (χ0) is 19.1. The number of aliphatic imine (C=N–C) groups is 1. The van der Waals surface area contributed by atoms with Crippen molar-refractivity contribution in [1.82, 2.24) is 10.6 Å². The summed E-state index contributed by atoms with van der Waals surface area (Å²) in [5.74, 6) is -1.20. The number of nitrogens with one attached hydrogen (secondary N) is 2. The van der Waals surface area contributed by atoms with Gasteiger partial charge in [0.25, 0.3) is 0 Å². The van der Waals surface area contributed by atoms with Gasteiger partial charge in [0.15, 0.2) is 5.96 Å². The van der Waals surface area contributed by atoms with Gasteiger partial charge in [0, 0.05) is 25.7 Å². The first-order chi connectivity index (χ1) is 12.5. The average molecular weight is 496 g/mol. The summed E-state index contributed by atoms with van der Waals surface area (Å²) in [6.45, 7) is 5.66. The van der Waals surface area contributed by atoms with Gasteiger partial charge < -0.3 is 20.3 Å². The summed E-state index contributed by atoms with van der Waals surface area (Å²) in [5, 5.41) is 6.39. The first-order valence-electron chi connectivity index (χ1n) is 8.77. The van der Waals surface area contributed by atoms with Crippen LogP contribution in [0.15, 0.2) is 23.2 Å². The molecule has 9 heteroatoms. The summed E-state index contributed by atoms with van der Waals surface area (Å²) in [6.07, 6.45) is 0.727. The normalized spacial score (nSPS) is 17.9. The molecule has 0 aliphatic carbocycles. The zero-order valence-corrected chi connectivity index (χ0v) is 18.1. The van der Waals surface area contributed by atoms with Crippen LogP contribution in [-0.2, 0) is 9.53 Å². The minimum absolute atomic E-state index is 0. The van der Waals surface area contributed by atoms with Crippen molar-refractivity contribution in [2.45, 2.75) is 26.3 Å². The number of methoxy groups -OCH3 is 1. The fourth-order valence-corrected chi connectivity index (χ4v) is 2.89. The van der Waals surface area contributed by atoms with Gasteiger partial charge in [0.05, 0.1) is 19.6 Å². The summed E-state index contributed by atoms with van der Waals surface area (Å²) >= 11 is 0. The minimum atomic E-state index is -0.557. The third-order valence-corrected chi connectivity index (χ3v) is 4.25. The molecule has 2 N–H and O–H groups in total. The van der Waals surface area contributed by atoms with Crippen molar-refractivity contribution in [2.24, 2.45) is 10.9 Å². The van der Waals surface area contributed by atoms with E-state index >= 15 is 0 Å². The standard InChI is InChI=1S/C18H26F2N4O2.HI/c1-4-21-18(22-10-12(2)17(25)26-3)23-13-8-9-24(11-13)16-14(19)6-5-7-15(16)20;/h5-7,12-13H,4,8-11H2,1-3H3,(H2,21,22,23);1H. The summed E-state index contributed by atoms with van der Waals surface area (Å²) in [4.78, 5) is 17.6. The molecule has 1 heterocycles. The Bertz CT molecular complexity index is 640. The van der Waals surface area contributed by atoms with Gasteiger partial charge in [-0.15, -0.1) is 24.0 Å². The summed E-state index contributed by atoms with van der Waals surface area (Å²) in [6, 6.07) is 3.89. The van der Waals surface area contributed by atoms with Crippen molar-refractivity contribution in [3.63, 3.8) is 0 Å². The number of esters is 1. The Morgan fingerprint density at radius 2 is 2.07 bits per heavy atom. The largest absolute Gasteiger partial charge is 0.469 e. The van der Waals surface area contributed by atoms with Crippen LogP contribution in [0.4, 0.5) is 14.5 Å². The quantitative estimate of drug-likeness (QED) is 0.274. The topological polar surface area (TPSA) is 66.0 Å². The number of guanidine groups is 1. The van der Waals surface area contributed by atoms with E-state index in [9.17, 15) is 13.6 Å². The van der Waals surface area contributed by atoms with Crippen molar-refractivity contribution in [3.8, 4) is 0 Å². The lowest BCUT2D eigenvalue weighted by atomic mass is 10.2. The Balaban J connectivity index is 0.00000364. The van der Waals surface area contributed by atoms with Gasteiger partial charge in [0.2, 0.25) is 0 Å². The van der Waals surface area contributed by atoms with Gasteiger partial charge >= 0.3 is 5.97 Å². The highest BCUT2D eigenvalue weighted by Gasteiger charge is 2.27. The van der Waals surface area contributed by atoms with Crippen molar-refractivity contribution in [3.05, 3.63) is 29.8 Å². The van der Waals surface area contributed by atoms with E-state index in [-0.39, 0.29) is 47.6 Å². The smallest absolute Gasteiger partial charge is 0.310 e. The van der Waals surface area contributed by atoms with Gasteiger partial charge in [-0.1, -0.05) is 13.0 Å². The van der Waals surface area contributed by atoms with Crippen LogP contribution in [0.5, 0.6) is 0 Å².